The highest BCUT2D eigenvalue weighted by Crippen LogP contribution is 2.30. The maximum atomic E-state index is 12.3. The lowest BCUT2D eigenvalue weighted by Crippen LogP contribution is -2.36. The molecule has 2 rings (SSSR count). The Hall–Kier alpha value is -2.28. The quantitative estimate of drug-likeness (QED) is 0.662. The molecule has 28 heavy (non-hydrogen) atoms. The SMILES string of the molecule is CCCOc1ccc(C(C)NC(=O)NCc2csc(C(C)(C)C)n2)cc1OC. The van der Waals surface area contributed by atoms with Crippen LogP contribution in [0.2, 0.25) is 0 Å². The summed E-state index contributed by atoms with van der Waals surface area (Å²) in [6.07, 6.45) is 0.930. The van der Waals surface area contributed by atoms with E-state index in [0.717, 1.165) is 22.7 Å². The molecule has 154 valence electrons. The Kier molecular flexibility index (Phi) is 7.69. The summed E-state index contributed by atoms with van der Waals surface area (Å²) in [5.41, 5.74) is 1.84. The van der Waals surface area contributed by atoms with Crippen LogP contribution in [0.25, 0.3) is 0 Å². The van der Waals surface area contributed by atoms with Gasteiger partial charge in [0.1, 0.15) is 0 Å². The van der Waals surface area contributed by atoms with Gasteiger partial charge in [0.25, 0.3) is 0 Å². The number of nitrogens with zero attached hydrogens (tertiary/aromatic N) is 1. The fourth-order valence-electron chi connectivity index (χ4n) is 2.52. The predicted octanol–water partition coefficient (Wildman–Crippen LogP) is 4.80. The van der Waals surface area contributed by atoms with Gasteiger partial charge in [0.05, 0.1) is 37.0 Å². The van der Waals surface area contributed by atoms with Crippen molar-refractivity contribution >= 4 is 17.4 Å². The number of aromatic nitrogens is 1. The summed E-state index contributed by atoms with van der Waals surface area (Å²) in [5, 5.41) is 8.87. The van der Waals surface area contributed by atoms with Gasteiger partial charge >= 0.3 is 6.03 Å². The van der Waals surface area contributed by atoms with Gasteiger partial charge in [-0.1, -0.05) is 33.8 Å². The van der Waals surface area contributed by atoms with Gasteiger partial charge in [-0.25, -0.2) is 9.78 Å². The fourth-order valence-corrected chi connectivity index (χ4v) is 3.43. The number of hydrogen-bond donors (Lipinski definition) is 2. The number of carbonyl (C=O) groups excluding carboxylic acids is 1. The zero-order valence-corrected chi connectivity index (χ0v) is 18.4. The molecule has 0 aliphatic heterocycles. The number of rotatable bonds is 8. The van der Waals surface area contributed by atoms with Crippen LogP contribution in [0.5, 0.6) is 11.5 Å². The average Bonchev–Trinajstić information content (AvgIpc) is 3.14. The first kappa shape index (κ1) is 22.0. The monoisotopic (exact) mass is 405 g/mol. The molecule has 0 radical (unpaired) electrons. The standard InChI is InChI=1S/C21H31N3O3S/c1-7-10-27-17-9-8-15(11-18(17)26-6)14(2)23-20(25)22-12-16-13-28-19(24-16)21(3,4)5/h8-9,11,13-14H,7,10,12H2,1-6H3,(H2,22,23,25). The second-order valence-corrected chi connectivity index (χ2v) is 8.56. The molecule has 0 saturated heterocycles. The van der Waals surface area contributed by atoms with Gasteiger partial charge < -0.3 is 20.1 Å². The number of nitrogens with one attached hydrogen (secondary N) is 2. The number of thiazole rings is 1. The topological polar surface area (TPSA) is 72.5 Å². The van der Waals surface area contributed by atoms with E-state index in [0.29, 0.717) is 24.7 Å². The molecule has 0 bridgehead atoms. The second kappa shape index (κ2) is 9.78. The van der Waals surface area contributed by atoms with Gasteiger partial charge in [-0.3, -0.25) is 0 Å². The zero-order chi connectivity index (χ0) is 20.7. The van der Waals surface area contributed by atoms with Crippen molar-refractivity contribution in [3.8, 4) is 11.5 Å². The average molecular weight is 406 g/mol. The Bertz CT molecular complexity index is 783. The van der Waals surface area contributed by atoms with Gasteiger partial charge in [0.2, 0.25) is 0 Å². The van der Waals surface area contributed by atoms with Crippen molar-refractivity contribution in [2.75, 3.05) is 13.7 Å². The van der Waals surface area contributed by atoms with E-state index in [2.05, 4.69) is 43.3 Å². The van der Waals surface area contributed by atoms with Crippen molar-refractivity contribution in [3.05, 3.63) is 39.8 Å². The van der Waals surface area contributed by atoms with E-state index in [4.69, 9.17) is 9.47 Å². The van der Waals surface area contributed by atoms with Crippen LogP contribution >= 0.6 is 11.3 Å². The first-order valence-corrected chi connectivity index (χ1v) is 10.4. The Labute approximate surface area is 171 Å². The highest BCUT2D eigenvalue weighted by atomic mass is 32.1. The van der Waals surface area contributed by atoms with Gasteiger partial charge in [-0.05, 0) is 31.0 Å². The minimum Gasteiger partial charge on any atom is -0.493 e. The molecule has 0 aliphatic carbocycles. The molecule has 1 aromatic heterocycles. The van der Waals surface area contributed by atoms with Crippen LogP contribution in [-0.2, 0) is 12.0 Å². The van der Waals surface area contributed by atoms with E-state index in [9.17, 15) is 4.79 Å². The summed E-state index contributed by atoms with van der Waals surface area (Å²) < 4.78 is 11.1. The molecule has 0 saturated carbocycles. The van der Waals surface area contributed by atoms with Crippen molar-refractivity contribution in [1.82, 2.24) is 15.6 Å². The van der Waals surface area contributed by atoms with Crippen molar-refractivity contribution in [1.29, 1.82) is 0 Å². The maximum Gasteiger partial charge on any atom is 0.315 e. The first-order valence-electron chi connectivity index (χ1n) is 9.54. The zero-order valence-electron chi connectivity index (χ0n) is 17.6. The molecule has 1 heterocycles. The van der Waals surface area contributed by atoms with Crippen molar-refractivity contribution in [2.45, 2.75) is 59.0 Å². The molecule has 7 heteroatoms. The second-order valence-electron chi connectivity index (χ2n) is 7.70. The maximum absolute atomic E-state index is 12.3. The molecule has 1 aromatic carbocycles. The third-order valence-electron chi connectivity index (χ3n) is 4.12. The Morgan fingerprint density at radius 3 is 2.64 bits per heavy atom. The molecule has 0 spiro atoms. The summed E-state index contributed by atoms with van der Waals surface area (Å²) in [4.78, 5) is 16.9. The van der Waals surface area contributed by atoms with Crippen LogP contribution in [0.1, 0.15) is 63.3 Å². The fraction of sp³-hybridized carbons (Fsp3) is 0.524. The highest BCUT2D eigenvalue weighted by Gasteiger charge is 2.18. The van der Waals surface area contributed by atoms with E-state index in [1.165, 1.54) is 0 Å². The van der Waals surface area contributed by atoms with E-state index in [1.54, 1.807) is 18.4 Å². The third kappa shape index (κ3) is 6.12. The van der Waals surface area contributed by atoms with Crippen LogP contribution in [0.3, 0.4) is 0 Å². The Morgan fingerprint density at radius 2 is 2.04 bits per heavy atom. The third-order valence-corrected chi connectivity index (χ3v) is 5.44. The number of ether oxygens (including phenoxy) is 2. The van der Waals surface area contributed by atoms with E-state index in [1.807, 2.05) is 30.5 Å². The summed E-state index contributed by atoms with van der Waals surface area (Å²) in [6.45, 7) is 11.4. The van der Waals surface area contributed by atoms with Crippen LogP contribution in [0.15, 0.2) is 23.6 Å². The smallest absolute Gasteiger partial charge is 0.315 e. The van der Waals surface area contributed by atoms with Crippen LogP contribution in [0, 0.1) is 0 Å². The van der Waals surface area contributed by atoms with Crippen LogP contribution < -0.4 is 20.1 Å². The normalized spacial score (nSPS) is 12.4. The highest BCUT2D eigenvalue weighted by molar-refractivity contribution is 7.09. The first-order chi connectivity index (χ1) is 13.2. The lowest BCUT2D eigenvalue weighted by molar-refractivity contribution is 0.237. The largest absolute Gasteiger partial charge is 0.493 e. The lowest BCUT2D eigenvalue weighted by Gasteiger charge is -2.17. The molecule has 0 fully saturated rings. The molecule has 6 nitrogen and oxygen atoms in total. The molecule has 1 atom stereocenters. The number of benzene rings is 1. The molecule has 0 aliphatic rings. The molecule has 2 aromatic rings. The molecular weight excluding hydrogens is 374 g/mol. The van der Waals surface area contributed by atoms with Crippen LogP contribution in [0.4, 0.5) is 4.79 Å². The Morgan fingerprint density at radius 1 is 1.29 bits per heavy atom. The van der Waals surface area contributed by atoms with E-state index in [-0.39, 0.29) is 17.5 Å². The molecule has 2 N–H and O–H groups in total. The minimum atomic E-state index is -0.233. The number of amides is 2. The minimum absolute atomic E-state index is 0.0196. The number of methoxy groups -OCH3 is 1. The summed E-state index contributed by atoms with van der Waals surface area (Å²) >= 11 is 1.62. The summed E-state index contributed by atoms with van der Waals surface area (Å²) in [5.74, 6) is 1.38. The molecule has 1 unspecified atom stereocenters. The number of carbonyl (C=O) groups is 1. The van der Waals surface area contributed by atoms with Gasteiger partial charge in [0, 0.05) is 10.8 Å². The van der Waals surface area contributed by atoms with Crippen molar-refractivity contribution < 1.29 is 14.3 Å². The number of hydrogen-bond acceptors (Lipinski definition) is 5. The van der Waals surface area contributed by atoms with E-state index < -0.39 is 0 Å². The van der Waals surface area contributed by atoms with Gasteiger partial charge in [0.15, 0.2) is 11.5 Å². The lowest BCUT2D eigenvalue weighted by atomic mass is 9.98. The number of urea groups is 1. The summed E-state index contributed by atoms with van der Waals surface area (Å²) in [6, 6.07) is 5.31. The van der Waals surface area contributed by atoms with Crippen molar-refractivity contribution in [2.24, 2.45) is 0 Å². The Balaban J connectivity index is 1.92. The summed E-state index contributed by atoms with van der Waals surface area (Å²) in [7, 11) is 1.61. The predicted molar refractivity (Wildman–Crippen MR) is 113 cm³/mol. The van der Waals surface area contributed by atoms with Gasteiger partial charge in [-0.15, -0.1) is 11.3 Å². The van der Waals surface area contributed by atoms with E-state index >= 15 is 0 Å². The van der Waals surface area contributed by atoms with Crippen LogP contribution in [-0.4, -0.2) is 24.7 Å². The van der Waals surface area contributed by atoms with Crippen molar-refractivity contribution in [3.63, 3.8) is 0 Å². The molecular formula is C21H31N3O3S. The van der Waals surface area contributed by atoms with Gasteiger partial charge in [-0.2, -0.15) is 0 Å². The molecule has 2 amide bonds.